The van der Waals surface area contributed by atoms with Crippen LogP contribution in [-0.2, 0) is 11.3 Å². The minimum atomic E-state index is -0.750. The number of carbonyl (C=O) groups excluding carboxylic acids is 2. The van der Waals surface area contributed by atoms with Crippen LogP contribution < -0.4 is 5.32 Å². The molecule has 1 saturated heterocycles. The van der Waals surface area contributed by atoms with Crippen LogP contribution in [0.2, 0.25) is 0 Å². The highest BCUT2D eigenvalue weighted by Gasteiger charge is 2.47. The van der Waals surface area contributed by atoms with Crippen molar-refractivity contribution in [1.82, 2.24) is 15.2 Å². The molecular weight excluding hydrogens is 218 g/mol. The van der Waals surface area contributed by atoms with Crippen LogP contribution in [0, 0.1) is 0 Å². The molecular formula is C12H15N3O2. The topological polar surface area (TPSA) is 62.3 Å². The van der Waals surface area contributed by atoms with E-state index in [9.17, 15) is 9.59 Å². The van der Waals surface area contributed by atoms with Crippen LogP contribution in [0.15, 0.2) is 24.5 Å². The van der Waals surface area contributed by atoms with E-state index in [4.69, 9.17) is 0 Å². The smallest absolute Gasteiger partial charge is 0.306 e. The Morgan fingerprint density at radius 3 is 2.59 bits per heavy atom. The summed E-state index contributed by atoms with van der Waals surface area (Å²) in [6.07, 6.45) is 3.94. The van der Waals surface area contributed by atoms with Crippen molar-refractivity contribution in [3.05, 3.63) is 30.1 Å². The summed E-state index contributed by atoms with van der Waals surface area (Å²) in [7, 11) is 0. The third-order valence-corrected chi connectivity index (χ3v) is 3.33. The highest BCUT2D eigenvalue weighted by Crippen LogP contribution is 2.26. The molecule has 1 unspecified atom stereocenters. The predicted octanol–water partition coefficient (Wildman–Crippen LogP) is 1.30. The molecule has 1 aromatic heterocycles. The van der Waals surface area contributed by atoms with Gasteiger partial charge in [-0.05, 0) is 31.0 Å². The molecule has 1 N–H and O–H groups in total. The van der Waals surface area contributed by atoms with Crippen molar-refractivity contribution in [2.75, 3.05) is 0 Å². The van der Waals surface area contributed by atoms with Gasteiger partial charge in [0.05, 0.1) is 0 Å². The molecule has 90 valence electrons. The Morgan fingerprint density at radius 2 is 2.00 bits per heavy atom. The number of hydrogen-bond acceptors (Lipinski definition) is 3. The van der Waals surface area contributed by atoms with E-state index in [1.54, 1.807) is 24.2 Å². The fourth-order valence-electron chi connectivity index (χ4n) is 1.91. The second-order valence-corrected chi connectivity index (χ2v) is 4.33. The van der Waals surface area contributed by atoms with E-state index in [1.807, 2.05) is 19.1 Å². The number of nitrogens with zero attached hydrogens (tertiary/aromatic N) is 2. The Morgan fingerprint density at radius 1 is 1.35 bits per heavy atom. The van der Waals surface area contributed by atoms with Crippen molar-refractivity contribution < 1.29 is 9.59 Å². The standard InChI is InChI=1S/C12H15N3O2/c1-3-12(2)10(16)14-11(17)15(12)8-9-4-6-13-7-5-9/h4-7H,3,8H2,1-2H3,(H,14,16,17). The molecule has 0 radical (unpaired) electrons. The Kier molecular flexibility index (Phi) is 2.83. The van der Waals surface area contributed by atoms with Crippen LogP contribution in [-0.4, -0.2) is 27.4 Å². The Hall–Kier alpha value is -1.91. The molecule has 3 amide bonds. The highest BCUT2D eigenvalue weighted by molar-refractivity contribution is 6.06. The van der Waals surface area contributed by atoms with E-state index in [0.29, 0.717) is 13.0 Å². The molecule has 5 nitrogen and oxygen atoms in total. The van der Waals surface area contributed by atoms with Gasteiger partial charge < -0.3 is 4.90 Å². The van der Waals surface area contributed by atoms with Crippen molar-refractivity contribution in [1.29, 1.82) is 0 Å². The van der Waals surface area contributed by atoms with Gasteiger partial charge in [-0.15, -0.1) is 0 Å². The molecule has 1 aliphatic rings. The van der Waals surface area contributed by atoms with E-state index in [-0.39, 0.29) is 11.9 Å². The van der Waals surface area contributed by atoms with Crippen LogP contribution >= 0.6 is 0 Å². The third kappa shape index (κ3) is 1.88. The lowest BCUT2D eigenvalue weighted by Gasteiger charge is -2.30. The molecule has 0 saturated carbocycles. The van der Waals surface area contributed by atoms with Crippen LogP contribution in [0.5, 0.6) is 0 Å². The zero-order valence-electron chi connectivity index (χ0n) is 9.93. The molecule has 0 bridgehead atoms. The van der Waals surface area contributed by atoms with Gasteiger partial charge in [0, 0.05) is 18.9 Å². The number of pyridine rings is 1. The van der Waals surface area contributed by atoms with E-state index in [2.05, 4.69) is 10.3 Å². The number of aromatic nitrogens is 1. The normalized spacial score (nSPS) is 24.0. The van der Waals surface area contributed by atoms with Crippen molar-refractivity contribution in [2.45, 2.75) is 32.4 Å². The van der Waals surface area contributed by atoms with Gasteiger partial charge in [0.1, 0.15) is 5.54 Å². The fraction of sp³-hybridized carbons (Fsp3) is 0.417. The van der Waals surface area contributed by atoms with Gasteiger partial charge >= 0.3 is 6.03 Å². The second-order valence-electron chi connectivity index (χ2n) is 4.33. The van der Waals surface area contributed by atoms with Gasteiger partial charge in [-0.25, -0.2) is 4.79 Å². The first kappa shape index (κ1) is 11.6. The highest BCUT2D eigenvalue weighted by atomic mass is 16.2. The maximum atomic E-state index is 11.8. The maximum Gasteiger partial charge on any atom is 0.325 e. The number of urea groups is 1. The van der Waals surface area contributed by atoms with Crippen LogP contribution in [0.4, 0.5) is 4.79 Å². The Labute approximate surface area is 99.8 Å². The summed E-state index contributed by atoms with van der Waals surface area (Å²) in [5.74, 6) is -0.223. The zero-order chi connectivity index (χ0) is 12.5. The molecule has 5 heteroatoms. The number of amides is 3. The molecule has 2 rings (SSSR count). The van der Waals surface area contributed by atoms with Crippen LogP contribution in [0.25, 0.3) is 0 Å². The zero-order valence-corrected chi connectivity index (χ0v) is 9.93. The monoisotopic (exact) mass is 233 g/mol. The molecule has 1 aliphatic heterocycles. The van der Waals surface area contributed by atoms with Gasteiger partial charge in [0.15, 0.2) is 0 Å². The number of carbonyl (C=O) groups is 2. The minimum absolute atomic E-state index is 0.223. The van der Waals surface area contributed by atoms with Gasteiger partial charge in [-0.1, -0.05) is 6.92 Å². The summed E-state index contributed by atoms with van der Waals surface area (Å²) < 4.78 is 0. The van der Waals surface area contributed by atoms with Crippen molar-refractivity contribution in [2.24, 2.45) is 0 Å². The van der Waals surface area contributed by atoms with Crippen molar-refractivity contribution >= 4 is 11.9 Å². The molecule has 17 heavy (non-hydrogen) atoms. The first-order chi connectivity index (χ1) is 8.08. The van der Waals surface area contributed by atoms with Crippen molar-refractivity contribution in [3.63, 3.8) is 0 Å². The molecule has 0 aromatic carbocycles. The molecule has 0 aliphatic carbocycles. The quantitative estimate of drug-likeness (QED) is 0.800. The molecule has 1 atom stereocenters. The van der Waals surface area contributed by atoms with Gasteiger partial charge in [-0.3, -0.25) is 15.1 Å². The average Bonchev–Trinajstić information content (AvgIpc) is 2.55. The first-order valence-corrected chi connectivity index (χ1v) is 5.60. The third-order valence-electron chi connectivity index (χ3n) is 3.33. The van der Waals surface area contributed by atoms with Crippen LogP contribution in [0.1, 0.15) is 25.8 Å². The van der Waals surface area contributed by atoms with E-state index < -0.39 is 5.54 Å². The summed E-state index contributed by atoms with van der Waals surface area (Å²) in [6, 6.07) is 3.36. The lowest BCUT2D eigenvalue weighted by atomic mass is 9.97. The van der Waals surface area contributed by atoms with E-state index in [0.717, 1.165) is 5.56 Å². The largest absolute Gasteiger partial charge is 0.325 e. The van der Waals surface area contributed by atoms with Gasteiger partial charge in [-0.2, -0.15) is 0 Å². The second kappa shape index (κ2) is 4.16. The summed E-state index contributed by atoms with van der Waals surface area (Å²) >= 11 is 0. The molecule has 2 heterocycles. The Balaban J connectivity index is 2.25. The predicted molar refractivity (Wildman–Crippen MR) is 62.0 cm³/mol. The number of rotatable bonds is 3. The molecule has 0 spiro atoms. The lowest BCUT2D eigenvalue weighted by Crippen LogP contribution is -2.45. The lowest BCUT2D eigenvalue weighted by molar-refractivity contribution is -0.126. The molecule has 1 fully saturated rings. The fourth-order valence-corrected chi connectivity index (χ4v) is 1.91. The summed E-state index contributed by atoms with van der Waals surface area (Å²) in [5.41, 5.74) is 0.213. The van der Waals surface area contributed by atoms with Gasteiger partial charge in [0.2, 0.25) is 0 Å². The minimum Gasteiger partial charge on any atom is -0.306 e. The van der Waals surface area contributed by atoms with Crippen LogP contribution in [0.3, 0.4) is 0 Å². The maximum absolute atomic E-state index is 11.8. The van der Waals surface area contributed by atoms with Crippen molar-refractivity contribution in [3.8, 4) is 0 Å². The number of hydrogen-bond donors (Lipinski definition) is 1. The summed E-state index contributed by atoms with van der Waals surface area (Å²) in [4.78, 5) is 29.0. The first-order valence-electron chi connectivity index (χ1n) is 5.60. The van der Waals surface area contributed by atoms with E-state index >= 15 is 0 Å². The SMILES string of the molecule is CCC1(C)C(=O)NC(=O)N1Cc1ccncc1. The van der Waals surface area contributed by atoms with Gasteiger partial charge in [0.25, 0.3) is 5.91 Å². The number of imide groups is 1. The Bertz CT molecular complexity index is 446. The average molecular weight is 233 g/mol. The number of nitrogens with one attached hydrogen (secondary N) is 1. The molecule has 1 aromatic rings. The van der Waals surface area contributed by atoms with E-state index in [1.165, 1.54) is 0 Å². The summed E-state index contributed by atoms with van der Waals surface area (Å²) in [6.45, 7) is 4.11. The summed E-state index contributed by atoms with van der Waals surface area (Å²) in [5, 5.41) is 2.36.